The van der Waals surface area contributed by atoms with Crippen LogP contribution in [-0.2, 0) is 4.79 Å². The number of carbonyl (C=O) groups is 1. The van der Waals surface area contributed by atoms with E-state index >= 15 is 0 Å². The lowest BCUT2D eigenvalue weighted by Gasteiger charge is -2.48. The van der Waals surface area contributed by atoms with E-state index in [2.05, 4.69) is 43.2 Å². The fourth-order valence-corrected chi connectivity index (χ4v) is 7.09. The minimum Gasteiger partial charge on any atom is -0.388 e. The SMILES string of the molecule is CCCC(N)=NC1CNC(=C(C)C)N2CC(NC(=O)C3CCCC4CCCCC43)[C@@H](O)C12C. The first-order valence-corrected chi connectivity index (χ1v) is 13.3. The average molecular weight is 460 g/mol. The fourth-order valence-electron chi connectivity index (χ4n) is 7.09. The molecule has 7 atom stereocenters. The first-order chi connectivity index (χ1) is 15.8. The van der Waals surface area contributed by atoms with Crippen LogP contribution < -0.4 is 16.4 Å². The van der Waals surface area contributed by atoms with Crippen molar-refractivity contribution in [2.45, 2.75) is 109 Å². The molecule has 2 saturated carbocycles. The molecule has 7 heteroatoms. The van der Waals surface area contributed by atoms with Gasteiger partial charge < -0.3 is 26.4 Å². The van der Waals surface area contributed by atoms with Crippen molar-refractivity contribution in [3.05, 3.63) is 11.4 Å². The highest BCUT2D eigenvalue weighted by Gasteiger charge is 2.58. The third-order valence-corrected chi connectivity index (χ3v) is 8.89. The number of hydrogen-bond acceptors (Lipinski definition) is 5. The van der Waals surface area contributed by atoms with E-state index in [1.807, 2.05) is 0 Å². The monoisotopic (exact) mass is 459 g/mol. The van der Waals surface area contributed by atoms with Crippen LogP contribution in [0.3, 0.4) is 0 Å². The molecule has 186 valence electrons. The molecule has 0 aromatic carbocycles. The Hall–Kier alpha value is -1.76. The molecule has 1 amide bonds. The first kappa shape index (κ1) is 24.4. The van der Waals surface area contributed by atoms with Gasteiger partial charge in [0, 0.05) is 25.4 Å². The molecule has 0 radical (unpaired) electrons. The molecule has 4 aliphatic rings. The smallest absolute Gasteiger partial charge is 0.223 e. The zero-order valence-corrected chi connectivity index (χ0v) is 21.1. The number of nitrogens with two attached hydrogens (primary N) is 1. The predicted molar refractivity (Wildman–Crippen MR) is 133 cm³/mol. The summed E-state index contributed by atoms with van der Waals surface area (Å²) in [5.74, 6) is 3.15. The van der Waals surface area contributed by atoms with Gasteiger partial charge in [-0.2, -0.15) is 0 Å². The number of aliphatic hydroxyl groups excluding tert-OH is 1. The summed E-state index contributed by atoms with van der Waals surface area (Å²) in [7, 11) is 0. The second kappa shape index (κ2) is 9.85. The molecule has 4 fully saturated rings. The summed E-state index contributed by atoms with van der Waals surface area (Å²) in [6.45, 7) is 9.55. The number of aliphatic hydroxyl groups is 1. The van der Waals surface area contributed by atoms with Crippen molar-refractivity contribution in [3.8, 4) is 0 Å². The Labute approximate surface area is 199 Å². The first-order valence-electron chi connectivity index (χ1n) is 13.3. The van der Waals surface area contributed by atoms with Crippen LogP contribution in [0.15, 0.2) is 16.4 Å². The molecule has 0 bridgehead atoms. The lowest BCUT2D eigenvalue weighted by molar-refractivity contribution is -0.131. The van der Waals surface area contributed by atoms with Crippen molar-refractivity contribution in [1.29, 1.82) is 0 Å². The van der Waals surface area contributed by atoms with Crippen LogP contribution >= 0.6 is 0 Å². The van der Waals surface area contributed by atoms with Crippen LogP contribution in [0.1, 0.15) is 85.5 Å². The van der Waals surface area contributed by atoms with Crippen LogP contribution in [0.2, 0.25) is 0 Å². The maximum Gasteiger partial charge on any atom is 0.223 e. The maximum absolute atomic E-state index is 13.5. The number of nitrogens with one attached hydrogen (secondary N) is 2. The van der Waals surface area contributed by atoms with Gasteiger partial charge in [-0.15, -0.1) is 0 Å². The molecule has 2 aliphatic heterocycles. The Balaban J connectivity index is 1.55. The van der Waals surface area contributed by atoms with E-state index in [1.165, 1.54) is 37.7 Å². The minimum atomic E-state index is -0.716. The molecule has 6 unspecified atom stereocenters. The van der Waals surface area contributed by atoms with E-state index in [1.54, 1.807) is 0 Å². The quantitative estimate of drug-likeness (QED) is 0.374. The zero-order valence-electron chi connectivity index (χ0n) is 21.1. The molecular weight excluding hydrogens is 414 g/mol. The van der Waals surface area contributed by atoms with Crippen molar-refractivity contribution < 1.29 is 9.90 Å². The van der Waals surface area contributed by atoms with Crippen molar-refractivity contribution in [1.82, 2.24) is 15.5 Å². The second-order valence-electron chi connectivity index (χ2n) is 11.3. The number of nitrogens with zero attached hydrogens (tertiary/aromatic N) is 2. The third-order valence-electron chi connectivity index (χ3n) is 8.89. The van der Waals surface area contributed by atoms with Crippen molar-refractivity contribution in [3.63, 3.8) is 0 Å². The van der Waals surface area contributed by atoms with E-state index in [-0.39, 0.29) is 23.9 Å². The van der Waals surface area contributed by atoms with E-state index in [4.69, 9.17) is 10.7 Å². The molecule has 7 nitrogen and oxygen atoms in total. The van der Waals surface area contributed by atoms with Crippen LogP contribution in [0.4, 0.5) is 0 Å². The summed E-state index contributed by atoms with van der Waals surface area (Å²) in [4.78, 5) is 20.6. The van der Waals surface area contributed by atoms with Gasteiger partial charge in [0.25, 0.3) is 0 Å². The minimum absolute atomic E-state index is 0.0942. The molecule has 2 aliphatic carbocycles. The number of carbonyl (C=O) groups excluding carboxylic acids is 1. The standard InChI is InChI=1S/C26H45N5O2/c1-5-9-22(27)30-21-14-28-24(16(2)3)31-15-20(23(32)26(21,31)4)29-25(33)19-13-8-11-17-10-6-7-12-18(17)19/h17-21,23,28,32H,5-15H2,1-4H3,(H2,27,30)(H,29,33)/t17?,18?,19?,20?,21?,23-,26?/m1/s1. The zero-order chi connectivity index (χ0) is 23.8. The van der Waals surface area contributed by atoms with E-state index in [9.17, 15) is 9.90 Å². The number of amidine groups is 1. The molecule has 5 N–H and O–H groups in total. The van der Waals surface area contributed by atoms with Gasteiger partial charge in [0.2, 0.25) is 5.91 Å². The van der Waals surface area contributed by atoms with Gasteiger partial charge in [0.15, 0.2) is 0 Å². The number of fused-ring (bicyclic) bond motifs is 2. The third kappa shape index (κ3) is 4.50. The molecule has 0 spiro atoms. The number of amides is 1. The van der Waals surface area contributed by atoms with Crippen LogP contribution in [0.25, 0.3) is 0 Å². The van der Waals surface area contributed by atoms with Crippen molar-refractivity contribution in [2.75, 3.05) is 13.1 Å². The Bertz CT molecular complexity index is 790. The molecule has 33 heavy (non-hydrogen) atoms. The highest BCUT2D eigenvalue weighted by atomic mass is 16.3. The van der Waals surface area contributed by atoms with Gasteiger partial charge in [0.05, 0.1) is 23.5 Å². The van der Waals surface area contributed by atoms with Gasteiger partial charge in [-0.3, -0.25) is 9.79 Å². The summed E-state index contributed by atoms with van der Waals surface area (Å²) < 4.78 is 0. The van der Waals surface area contributed by atoms with E-state index < -0.39 is 11.6 Å². The van der Waals surface area contributed by atoms with E-state index in [0.29, 0.717) is 30.8 Å². The Morgan fingerprint density at radius 1 is 1.24 bits per heavy atom. The largest absolute Gasteiger partial charge is 0.388 e. The van der Waals surface area contributed by atoms with E-state index in [0.717, 1.165) is 31.5 Å². The highest BCUT2D eigenvalue weighted by molar-refractivity contribution is 5.81. The summed E-state index contributed by atoms with van der Waals surface area (Å²) in [6, 6.07) is -0.493. The average Bonchev–Trinajstić information content (AvgIpc) is 3.05. The number of rotatable bonds is 5. The second-order valence-corrected chi connectivity index (χ2v) is 11.3. The van der Waals surface area contributed by atoms with Gasteiger partial charge in [-0.1, -0.05) is 39.0 Å². The molecule has 4 rings (SSSR count). The highest BCUT2D eigenvalue weighted by Crippen LogP contribution is 2.45. The van der Waals surface area contributed by atoms with Crippen molar-refractivity contribution >= 4 is 11.7 Å². The molecule has 2 saturated heterocycles. The lowest BCUT2D eigenvalue weighted by Crippen LogP contribution is -2.65. The fraction of sp³-hybridized carbons (Fsp3) is 0.846. The Morgan fingerprint density at radius 3 is 2.70 bits per heavy atom. The number of aliphatic imine (C=N–C) groups is 1. The summed E-state index contributed by atoms with van der Waals surface area (Å²) in [5, 5.41) is 18.5. The topological polar surface area (TPSA) is 103 Å². The van der Waals surface area contributed by atoms with Gasteiger partial charge >= 0.3 is 0 Å². The van der Waals surface area contributed by atoms with Gasteiger partial charge in [-0.05, 0) is 57.4 Å². The molecular formula is C26H45N5O2. The van der Waals surface area contributed by atoms with Crippen LogP contribution in [0.5, 0.6) is 0 Å². The van der Waals surface area contributed by atoms with Crippen LogP contribution in [0, 0.1) is 17.8 Å². The number of allylic oxidation sites excluding steroid dienone is 1. The number of hydrogen-bond donors (Lipinski definition) is 4. The van der Waals surface area contributed by atoms with Gasteiger partial charge in [0.1, 0.15) is 11.9 Å². The molecule has 0 aromatic heterocycles. The van der Waals surface area contributed by atoms with Crippen LogP contribution in [-0.4, -0.2) is 58.6 Å². The van der Waals surface area contributed by atoms with Gasteiger partial charge in [-0.25, -0.2) is 0 Å². The van der Waals surface area contributed by atoms with Crippen molar-refractivity contribution in [2.24, 2.45) is 28.5 Å². The Kier molecular flexibility index (Phi) is 7.27. The molecule has 0 aromatic rings. The Morgan fingerprint density at radius 2 is 1.97 bits per heavy atom. The lowest BCUT2D eigenvalue weighted by atomic mass is 9.65. The predicted octanol–water partition coefficient (Wildman–Crippen LogP) is 2.89. The summed E-state index contributed by atoms with van der Waals surface area (Å²) in [5.41, 5.74) is 6.76. The molecule has 2 heterocycles. The normalized spacial score (nSPS) is 38.9. The summed E-state index contributed by atoms with van der Waals surface area (Å²) >= 11 is 0. The summed E-state index contributed by atoms with van der Waals surface area (Å²) in [6.07, 6.45) is 9.41. The maximum atomic E-state index is 13.5.